The Kier molecular flexibility index (Phi) is 3.64. The summed E-state index contributed by atoms with van der Waals surface area (Å²) in [6.45, 7) is 6.02. The molecule has 1 atom stereocenters. The van der Waals surface area contributed by atoms with Crippen LogP contribution in [-0.2, 0) is 9.53 Å². The molecule has 1 heterocycles. The summed E-state index contributed by atoms with van der Waals surface area (Å²) in [5, 5.41) is 0. The molecule has 0 aromatic carbocycles. The Hall–Kier alpha value is 0.0800. The minimum atomic E-state index is -1.57. The van der Waals surface area contributed by atoms with Gasteiger partial charge in [0.25, 0.3) is 0 Å². The van der Waals surface area contributed by atoms with E-state index in [4.69, 9.17) is 39.5 Å². The van der Waals surface area contributed by atoms with E-state index in [1.54, 1.807) is 0 Å². The van der Waals surface area contributed by atoms with E-state index in [1.165, 1.54) is 6.08 Å². The van der Waals surface area contributed by atoms with Crippen LogP contribution in [0.5, 0.6) is 0 Å². The summed E-state index contributed by atoms with van der Waals surface area (Å²) in [6, 6.07) is 0. The lowest BCUT2D eigenvalue weighted by Crippen LogP contribution is -2.36. The third-order valence-electron chi connectivity index (χ3n) is 2.28. The Morgan fingerprint density at radius 3 is 2.27 bits per heavy atom. The van der Waals surface area contributed by atoms with Crippen molar-refractivity contribution in [3.8, 4) is 0 Å². The van der Waals surface area contributed by atoms with Gasteiger partial charge < -0.3 is 4.74 Å². The zero-order valence-corrected chi connectivity index (χ0v) is 11.1. The van der Waals surface area contributed by atoms with Gasteiger partial charge in [-0.05, 0) is 5.41 Å². The fraction of sp³-hybridized carbons (Fsp3) is 0.700. The molecule has 0 radical (unpaired) electrons. The summed E-state index contributed by atoms with van der Waals surface area (Å²) in [5.74, 6) is -0.442. The molecule has 0 saturated carbocycles. The molecule has 0 fully saturated rings. The molecule has 0 unspecified atom stereocenters. The van der Waals surface area contributed by atoms with E-state index in [2.05, 4.69) is 0 Å². The zero-order chi connectivity index (χ0) is 11.9. The van der Waals surface area contributed by atoms with Crippen LogP contribution in [0.25, 0.3) is 0 Å². The average molecular weight is 272 g/mol. The Labute approximate surface area is 105 Å². The van der Waals surface area contributed by atoms with Crippen LogP contribution in [0, 0.1) is 5.41 Å². The van der Waals surface area contributed by atoms with E-state index >= 15 is 0 Å². The number of hydrogen-bond donors (Lipinski definition) is 0. The van der Waals surface area contributed by atoms with Gasteiger partial charge >= 0.3 is 5.97 Å². The largest absolute Gasteiger partial charge is 0.454 e. The molecule has 0 amide bonds. The van der Waals surface area contributed by atoms with Crippen molar-refractivity contribution in [2.24, 2.45) is 5.41 Å². The number of rotatable bonds is 0. The number of halogens is 3. The molecule has 0 aliphatic carbocycles. The SMILES string of the molecule is CC(C)(C)C1=CC(=O)O[C@H](C(Cl)(Cl)Cl)C1. The first kappa shape index (κ1) is 13.1. The van der Waals surface area contributed by atoms with Crippen molar-refractivity contribution in [1.82, 2.24) is 0 Å². The third kappa shape index (κ3) is 3.54. The first-order chi connectivity index (χ1) is 6.60. The summed E-state index contributed by atoms with van der Waals surface area (Å²) in [5.41, 5.74) is 0.822. The molecular weight excluding hydrogens is 258 g/mol. The summed E-state index contributed by atoms with van der Waals surface area (Å²) in [4.78, 5) is 11.3. The second-order valence-electron chi connectivity index (χ2n) is 4.59. The molecule has 1 aliphatic rings. The van der Waals surface area contributed by atoms with Gasteiger partial charge in [0, 0.05) is 12.5 Å². The van der Waals surface area contributed by atoms with Gasteiger partial charge in [0.2, 0.25) is 3.79 Å². The fourth-order valence-corrected chi connectivity index (χ4v) is 1.69. The van der Waals surface area contributed by atoms with Gasteiger partial charge in [0.15, 0.2) is 6.10 Å². The van der Waals surface area contributed by atoms with Crippen LogP contribution in [-0.4, -0.2) is 15.9 Å². The van der Waals surface area contributed by atoms with Crippen molar-refractivity contribution in [3.63, 3.8) is 0 Å². The van der Waals surface area contributed by atoms with Gasteiger partial charge in [-0.3, -0.25) is 0 Å². The average Bonchev–Trinajstić information content (AvgIpc) is 1.99. The van der Waals surface area contributed by atoms with Crippen molar-refractivity contribution >= 4 is 40.8 Å². The fourth-order valence-electron chi connectivity index (χ4n) is 1.32. The molecule has 0 spiro atoms. The molecule has 15 heavy (non-hydrogen) atoms. The van der Waals surface area contributed by atoms with Crippen LogP contribution in [0.3, 0.4) is 0 Å². The van der Waals surface area contributed by atoms with Gasteiger partial charge in [0.05, 0.1) is 0 Å². The molecule has 0 N–H and O–H groups in total. The van der Waals surface area contributed by atoms with Crippen LogP contribution < -0.4 is 0 Å². The quantitative estimate of drug-likeness (QED) is 0.497. The zero-order valence-electron chi connectivity index (χ0n) is 8.81. The Balaban J connectivity index is 2.91. The first-order valence-electron chi connectivity index (χ1n) is 4.59. The summed E-state index contributed by atoms with van der Waals surface area (Å²) < 4.78 is 3.40. The molecule has 1 aliphatic heterocycles. The van der Waals surface area contributed by atoms with Crippen LogP contribution in [0.1, 0.15) is 27.2 Å². The number of ether oxygens (including phenoxy) is 1. The van der Waals surface area contributed by atoms with E-state index in [9.17, 15) is 4.79 Å². The maximum absolute atomic E-state index is 11.3. The molecule has 2 nitrogen and oxygen atoms in total. The lowest BCUT2D eigenvalue weighted by molar-refractivity contribution is -0.144. The maximum atomic E-state index is 11.3. The third-order valence-corrected chi connectivity index (χ3v) is 3.01. The van der Waals surface area contributed by atoms with Crippen LogP contribution in [0.4, 0.5) is 0 Å². The summed E-state index contributed by atoms with van der Waals surface area (Å²) in [7, 11) is 0. The molecule has 0 aromatic rings. The van der Waals surface area contributed by atoms with Crippen LogP contribution in [0.2, 0.25) is 0 Å². The van der Waals surface area contributed by atoms with Crippen molar-refractivity contribution in [3.05, 3.63) is 11.6 Å². The predicted octanol–water partition coefficient (Wildman–Crippen LogP) is 3.64. The van der Waals surface area contributed by atoms with Gasteiger partial charge in [-0.15, -0.1) is 0 Å². The second-order valence-corrected chi connectivity index (χ2v) is 6.96. The smallest absolute Gasteiger partial charge is 0.331 e. The highest BCUT2D eigenvalue weighted by Gasteiger charge is 2.40. The highest BCUT2D eigenvalue weighted by Crippen LogP contribution is 2.41. The normalized spacial score (nSPS) is 23.5. The summed E-state index contributed by atoms with van der Waals surface area (Å²) in [6.07, 6.45) is 1.24. The first-order valence-corrected chi connectivity index (χ1v) is 5.72. The number of carbonyl (C=O) groups excluding carboxylic acids is 1. The van der Waals surface area contributed by atoms with Crippen LogP contribution in [0.15, 0.2) is 11.6 Å². The van der Waals surface area contributed by atoms with E-state index < -0.39 is 15.9 Å². The summed E-state index contributed by atoms with van der Waals surface area (Å²) >= 11 is 17.2. The number of cyclic esters (lactones) is 1. The van der Waals surface area contributed by atoms with E-state index in [1.807, 2.05) is 20.8 Å². The highest BCUT2D eigenvalue weighted by molar-refractivity contribution is 6.68. The molecule has 5 heteroatoms. The van der Waals surface area contributed by atoms with Crippen molar-refractivity contribution in [2.75, 3.05) is 0 Å². The lowest BCUT2D eigenvalue weighted by Gasteiger charge is -2.33. The molecule has 0 saturated heterocycles. The van der Waals surface area contributed by atoms with Gasteiger partial charge in [-0.25, -0.2) is 4.79 Å². The molecule has 86 valence electrons. The topological polar surface area (TPSA) is 26.3 Å². The van der Waals surface area contributed by atoms with Gasteiger partial charge in [-0.2, -0.15) is 0 Å². The minimum Gasteiger partial charge on any atom is -0.454 e. The van der Waals surface area contributed by atoms with Crippen molar-refractivity contribution in [2.45, 2.75) is 37.1 Å². The molecule has 1 rings (SSSR count). The van der Waals surface area contributed by atoms with E-state index in [0.29, 0.717) is 6.42 Å². The number of esters is 1. The van der Waals surface area contributed by atoms with Gasteiger partial charge in [-0.1, -0.05) is 61.1 Å². The second kappa shape index (κ2) is 4.15. The number of hydrogen-bond acceptors (Lipinski definition) is 2. The molecule has 0 bridgehead atoms. The predicted molar refractivity (Wildman–Crippen MR) is 62.3 cm³/mol. The number of alkyl halides is 3. The van der Waals surface area contributed by atoms with E-state index in [0.717, 1.165) is 5.57 Å². The lowest BCUT2D eigenvalue weighted by atomic mass is 9.82. The van der Waals surface area contributed by atoms with Crippen molar-refractivity contribution in [1.29, 1.82) is 0 Å². The molecular formula is C10H13Cl3O2. The molecule has 0 aromatic heterocycles. The Bertz CT molecular complexity index is 297. The Morgan fingerprint density at radius 2 is 1.87 bits per heavy atom. The van der Waals surface area contributed by atoms with Gasteiger partial charge in [0.1, 0.15) is 0 Å². The maximum Gasteiger partial charge on any atom is 0.331 e. The number of carbonyl (C=O) groups is 1. The Morgan fingerprint density at radius 1 is 1.33 bits per heavy atom. The monoisotopic (exact) mass is 270 g/mol. The highest BCUT2D eigenvalue weighted by atomic mass is 35.6. The van der Waals surface area contributed by atoms with Crippen molar-refractivity contribution < 1.29 is 9.53 Å². The standard InChI is InChI=1S/C10H13Cl3O2/c1-9(2,3)6-4-7(10(11,12)13)15-8(14)5-6/h5,7H,4H2,1-3H3/t7-/m0/s1. The minimum absolute atomic E-state index is 0.117. The van der Waals surface area contributed by atoms with E-state index in [-0.39, 0.29) is 5.41 Å². The van der Waals surface area contributed by atoms with Crippen LogP contribution >= 0.6 is 34.8 Å².